The molecule has 1 nitrogen and oxygen atoms in total. The van der Waals surface area contributed by atoms with Crippen LogP contribution in [0.25, 0.3) is 0 Å². The van der Waals surface area contributed by atoms with Crippen molar-refractivity contribution in [1.29, 1.82) is 0 Å². The van der Waals surface area contributed by atoms with Gasteiger partial charge in [-0.15, -0.1) is 11.8 Å². The largest absolute Gasteiger partial charge is 0.416 e. The van der Waals surface area contributed by atoms with Crippen molar-refractivity contribution in [3.05, 3.63) is 65.2 Å². The van der Waals surface area contributed by atoms with Crippen LogP contribution >= 0.6 is 11.8 Å². The normalized spacial score (nSPS) is 11.6. The molecular formula is C16H16F3NS. The van der Waals surface area contributed by atoms with Crippen LogP contribution in [0.3, 0.4) is 0 Å². The summed E-state index contributed by atoms with van der Waals surface area (Å²) in [7, 11) is 0. The van der Waals surface area contributed by atoms with E-state index in [9.17, 15) is 13.2 Å². The highest BCUT2D eigenvalue weighted by Gasteiger charge is 2.33. The molecule has 0 aliphatic heterocycles. The van der Waals surface area contributed by atoms with Gasteiger partial charge in [-0.3, -0.25) is 0 Å². The third kappa shape index (κ3) is 4.51. The van der Waals surface area contributed by atoms with E-state index >= 15 is 0 Å². The van der Waals surface area contributed by atoms with Crippen LogP contribution in [-0.4, -0.2) is 6.54 Å². The smallest absolute Gasteiger partial charge is 0.330 e. The number of alkyl halides is 3. The predicted molar refractivity (Wildman–Crippen MR) is 80.2 cm³/mol. The highest BCUT2D eigenvalue weighted by molar-refractivity contribution is 7.98. The average Bonchev–Trinajstić information content (AvgIpc) is 2.46. The van der Waals surface area contributed by atoms with Crippen molar-refractivity contribution in [3.63, 3.8) is 0 Å². The minimum atomic E-state index is -4.34. The molecule has 0 saturated carbocycles. The first kappa shape index (κ1) is 15.9. The van der Waals surface area contributed by atoms with Crippen molar-refractivity contribution in [1.82, 2.24) is 0 Å². The molecule has 0 saturated heterocycles. The fourth-order valence-corrected chi connectivity index (χ4v) is 2.91. The Hall–Kier alpha value is -1.46. The molecule has 0 fully saturated rings. The van der Waals surface area contributed by atoms with E-state index in [0.29, 0.717) is 10.6 Å². The van der Waals surface area contributed by atoms with Crippen LogP contribution in [0.2, 0.25) is 0 Å². The monoisotopic (exact) mass is 311 g/mol. The summed E-state index contributed by atoms with van der Waals surface area (Å²) < 4.78 is 39.2. The molecule has 0 atom stereocenters. The fourth-order valence-electron chi connectivity index (χ4n) is 2.02. The summed E-state index contributed by atoms with van der Waals surface area (Å²) in [6, 6.07) is 14.1. The van der Waals surface area contributed by atoms with Crippen LogP contribution in [-0.2, 0) is 18.3 Å². The number of rotatable bonds is 5. The summed E-state index contributed by atoms with van der Waals surface area (Å²) in [5, 5.41) is 0. The molecule has 0 aliphatic carbocycles. The zero-order valence-electron chi connectivity index (χ0n) is 11.4. The molecule has 21 heavy (non-hydrogen) atoms. The van der Waals surface area contributed by atoms with E-state index < -0.39 is 11.7 Å². The summed E-state index contributed by atoms with van der Waals surface area (Å²) in [6.07, 6.45) is -4.10. The Kier molecular flexibility index (Phi) is 5.31. The lowest BCUT2D eigenvalue weighted by atomic mass is 10.0. The molecule has 2 aromatic rings. The van der Waals surface area contributed by atoms with E-state index in [1.807, 2.05) is 30.3 Å². The van der Waals surface area contributed by atoms with Crippen molar-refractivity contribution >= 4 is 11.8 Å². The van der Waals surface area contributed by atoms with Gasteiger partial charge in [0.2, 0.25) is 0 Å². The zero-order chi connectivity index (χ0) is 15.3. The first-order valence-electron chi connectivity index (χ1n) is 6.57. The van der Waals surface area contributed by atoms with Crippen LogP contribution < -0.4 is 5.73 Å². The van der Waals surface area contributed by atoms with Gasteiger partial charge in [0.1, 0.15) is 0 Å². The molecule has 0 spiro atoms. The molecule has 0 heterocycles. The quantitative estimate of drug-likeness (QED) is 0.823. The second kappa shape index (κ2) is 7.00. The van der Waals surface area contributed by atoms with Gasteiger partial charge in [0.05, 0.1) is 5.56 Å². The molecule has 0 aliphatic rings. The standard InChI is InChI=1S/C16H16F3NS/c17-16(18,19)15-10-14(7-6-13(15)8-9-20)21-11-12-4-2-1-3-5-12/h1-7,10H,8-9,11,20H2. The van der Waals surface area contributed by atoms with E-state index in [0.717, 1.165) is 5.56 Å². The van der Waals surface area contributed by atoms with Crippen molar-refractivity contribution in [2.24, 2.45) is 5.73 Å². The SMILES string of the molecule is NCCc1ccc(SCc2ccccc2)cc1C(F)(F)F. The Labute approximate surface area is 126 Å². The Balaban J connectivity index is 2.17. The molecule has 2 aromatic carbocycles. The van der Waals surface area contributed by atoms with Gasteiger partial charge in [-0.05, 0) is 36.2 Å². The minimum absolute atomic E-state index is 0.208. The maximum Gasteiger partial charge on any atom is 0.416 e. The Morgan fingerprint density at radius 2 is 1.71 bits per heavy atom. The van der Waals surface area contributed by atoms with E-state index in [-0.39, 0.29) is 18.5 Å². The van der Waals surface area contributed by atoms with E-state index in [1.54, 1.807) is 6.07 Å². The molecule has 5 heteroatoms. The third-order valence-electron chi connectivity index (χ3n) is 3.05. The predicted octanol–water partition coefficient (Wildman–Crippen LogP) is 4.50. The number of benzene rings is 2. The van der Waals surface area contributed by atoms with Crippen molar-refractivity contribution in [2.45, 2.75) is 23.2 Å². The first-order valence-corrected chi connectivity index (χ1v) is 7.56. The summed E-state index contributed by atoms with van der Waals surface area (Å²) in [6.45, 7) is 0.208. The van der Waals surface area contributed by atoms with E-state index in [2.05, 4.69) is 0 Å². The lowest BCUT2D eigenvalue weighted by molar-refractivity contribution is -0.138. The summed E-state index contributed by atoms with van der Waals surface area (Å²) in [5.74, 6) is 0.647. The fraction of sp³-hybridized carbons (Fsp3) is 0.250. The van der Waals surface area contributed by atoms with E-state index in [4.69, 9.17) is 5.73 Å². The molecule has 0 bridgehead atoms. The van der Waals surface area contributed by atoms with Crippen LogP contribution in [0.15, 0.2) is 53.4 Å². The molecule has 2 N–H and O–H groups in total. The summed E-state index contributed by atoms with van der Waals surface area (Å²) in [4.78, 5) is 0.618. The maximum atomic E-state index is 13.1. The number of hydrogen-bond acceptors (Lipinski definition) is 2. The molecule has 0 radical (unpaired) electrons. The summed E-state index contributed by atoms with van der Waals surface area (Å²) >= 11 is 1.40. The van der Waals surface area contributed by atoms with Gasteiger partial charge >= 0.3 is 6.18 Å². The van der Waals surface area contributed by atoms with Gasteiger partial charge in [-0.25, -0.2) is 0 Å². The molecule has 2 rings (SSSR count). The average molecular weight is 311 g/mol. The van der Waals surface area contributed by atoms with Crippen molar-refractivity contribution < 1.29 is 13.2 Å². The van der Waals surface area contributed by atoms with Gasteiger partial charge in [0.15, 0.2) is 0 Å². The Bertz CT molecular complexity index is 582. The molecule has 0 amide bonds. The van der Waals surface area contributed by atoms with Gasteiger partial charge in [-0.2, -0.15) is 13.2 Å². The highest BCUT2D eigenvalue weighted by atomic mass is 32.2. The molecule has 0 aromatic heterocycles. The number of hydrogen-bond donors (Lipinski definition) is 1. The highest BCUT2D eigenvalue weighted by Crippen LogP contribution is 2.35. The van der Waals surface area contributed by atoms with Crippen LogP contribution in [0.4, 0.5) is 13.2 Å². The number of halogens is 3. The van der Waals surface area contributed by atoms with Crippen molar-refractivity contribution in [2.75, 3.05) is 6.54 Å². The van der Waals surface area contributed by atoms with Crippen LogP contribution in [0.1, 0.15) is 16.7 Å². The Morgan fingerprint density at radius 3 is 2.33 bits per heavy atom. The minimum Gasteiger partial charge on any atom is -0.330 e. The lowest BCUT2D eigenvalue weighted by Gasteiger charge is -2.14. The summed E-state index contributed by atoms with van der Waals surface area (Å²) in [5.41, 5.74) is 6.14. The topological polar surface area (TPSA) is 26.0 Å². The third-order valence-corrected chi connectivity index (χ3v) is 4.11. The molecular weight excluding hydrogens is 295 g/mol. The maximum absolute atomic E-state index is 13.1. The second-order valence-electron chi connectivity index (χ2n) is 4.63. The Morgan fingerprint density at radius 1 is 1.00 bits per heavy atom. The number of nitrogens with two attached hydrogens (primary N) is 1. The van der Waals surface area contributed by atoms with Gasteiger partial charge in [0.25, 0.3) is 0 Å². The first-order chi connectivity index (χ1) is 10.0. The van der Waals surface area contributed by atoms with Gasteiger partial charge in [-0.1, -0.05) is 36.4 Å². The number of thioether (sulfide) groups is 1. The second-order valence-corrected chi connectivity index (χ2v) is 5.68. The molecule has 0 unspecified atom stereocenters. The van der Waals surface area contributed by atoms with Crippen LogP contribution in [0.5, 0.6) is 0 Å². The zero-order valence-corrected chi connectivity index (χ0v) is 12.2. The van der Waals surface area contributed by atoms with Gasteiger partial charge in [0, 0.05) is 10.6 Å². The molecule has 112 valence electrons. The lowest BCUT2D eigenvalue weighted by Crippen LogP contribution is -2.12. The van der Waals surface area contributed by atoms with Gasteiger partial charge < -0.3 is 5.73 Å². The van der Waals surface area contributed by atoms with E-state index in [1.165, 1.54) is 23.9 Å². The van der Waals surface area contributed by atoms with Crippen LogP contribution in [0, 0.1) is 0 Å². The van der Waals surface area contributed by atoms with Crippen molar-refractivity contribution in [3.8, 4) is 0 Å².